The summed E-state index contributed by atoms with van der Waals surface area (Å²) in [5.41, 5.74) is 1.08. The fourth-order valence-corrected chi connectivity index (χ4v) is 3.17. The van der Waals surface area contributed by atoms with Crippen LogP contribution in [0.3, 0.4) is 0 Å². The molecule has 1 aromatic heterocycles. The Bertz CT molecular complexity index is 612. The molecular formula is C16H20F2N2O2. The van der Waals surface area contributed by atoms with Gasteiger partial charge in [-0.05, 0) is 49.8 Å². The lowest BCUT2D eigenvalue weighted by molar-refractivity contribution is -0.00612. The molecular weight excluding hydrogens is 290 g/mol. The van der Waals surface area contributed by atoms with Crippen molar-refractivity contribution in [1.82, 2.24) is 10.3 Å². The van der Waals surface area contributed by atoms with E-state index in [4.69, 9.17) is 0 Å². The van der Waals surface area contributed by atoms with E-state index in [1.807, 2.05) is 0 Å². The minimum Gasteiger partial charge on any atom is -0.464 e. The molecule has 2 aliphatic rings. The lowest BCUT2D eigenvalue weighted by atomic mass is 9.78. The highest BCUT2D eigenvalue weighted by Crippen LogP contribution is 2.42. The average molecular weight is 310 g/mol. The summed E-state index contributed by atoms with van der Waals surface area (Å²) >= 11 is 0. The summed E-state index contributed by atoms with van der Waals surface area (Å²) in [7, 11) is 1.22. The molecule has 0 radical (unpaired) electrons. The molecule has 1 aromatic rings. The van der Waals surface area contributed by atoms with E-state index in [-0.39, 0.29) is 23.3 Å². The number of halogens is 2. The first-order valence-corrected chi connectivity index (χ1v) is 7.59. The van der Waals surface area contributed by atoms with Crippen LogP contribution in [0.15, 0.2) is 6.07 Å². The highest BCUT2D eigenvalue weighted by molar-refractivity contribution is 5.87. The molecule has 1 heterocycles. The van der Waals surface area contributed by atoms with Gasteiger partial charge in [0.15, 0.2) is 0 Å². The van der Waals surface area contributed by atoms with Gasteiger partial charge in [0.25, 0.3) is 5.92 Å². The first-order chi connectivity index (χ1) is 10.3. The SMILES string of the molecule is COC(=O)c1cc(CNC2(C)CCC2)c2c(n1)C(F)(F)CC2. The third-order valence-electron chi connectivity index (χ3n) is 4.81. The monoisotopic (exact) mass is 310 g/mol. The van der Waals surface area contributed by atoms with Crippen molar-refractivity contribution in [2.75, 3.05) is 7.11 Å². The summed E-state index contributed by atoms with van der Waals surface area (Å²) in [4.78, 5) is 15.6. The number of nitrogens with zero attached hydrogens (tertiary/aromatic N) is 1. The second-order valence-corrected chi connectivity index (χ2v) is 6.46. The van der Waals surface area contributed by atoms with Gasteiger partial charge in [-0.3, -0.25) is 0 Å². The van der Waals surface area contributed by atoms with Gasteiger partial charge in [-0.25, -0.2) is 9.78 Å². The summed E-state index contributed by atoms with van der Waals surface area (Å²) in [5.74, 6) is -3.64. The Hall–Kier alpha value is -1.56. The lowest BCUT2D eigenvalue weighted by Gasteiger charge is -2.39. The number of aromatic nitrogens is 1. The molecule has 0 bridgehead atoms. The van der Waals surface area contributed by atoms with Crippen molar-refractivity contribution in [2.24, 2.45) is 0 Å². The van der Waals surface area contributed by atoms with Gasteiger partial charge in [-0.2, -0.15) is 8.78 Å². The molecule has 0 spiro atoms. The number of pyridine rings is 1. The van der Waals surface area contributed by atoms with Gasteiger partial charge in [-0.1, -0.05) is 0 Å². The molecule has 0 aliphatic heterocycles. The van der Waals surface area contributed by atoms with Gasteiger partial charge in [0, 0.05) is 18.5 Å². The van der Waals surface area contributed by atoms with Crippen LogP contribution in [0.4, 0.5) is 8.78 Å². The molecule has 1 N–H and O–H groups in total. The van der Waals surface area contributed by atoms with E-state index in [1.54, 1.807) is 6.07 Å². The van der Waals surface area contributed by atoms with Gasteiger partial charge in [0.2, 0.25) is 0 Å². The Kier molecular flexibility index (Phi) is 3.67. The van der Waals surface area contributed by atoms with Crippen LogP contribution in [0.1, 0.15) is 59.9 Å². The topological polar surface area (TPSA) is 51.2 Å². The van der Waals surface area contributed by atoms with E-state index < -0.39 is 11.9 Å². The molecule has 0 unspecified atom stereocenters. The minimum atomic E-state index is -2.96. The van der Waals surface area contributed by atoms with E-state index in [1.165, 1.54) is 13.5 Å². The summed E-state index contributed by atoms with van der Waals surface area (Å²) < 4.78 is 32.6. The Labute approximate surface area is 128 Å². The number of ether oxygens (including phenoxy) is 1. The number of rotatable bonds is 4. The number of hydrogen-bond donors (Lipinski definition) is 1. The average Bonchev–Trinajstić information content (AvgIpc) is 2.77. The van der Waals surface area contributed by atoms with Gasteiger partial charge in [0.05, 0.1) is 7.11 Å². The van der Waals surface area contributed by atoms with E-state index in [9.17, 15) is 13.6 Å². The Morgan fingerprint density at radius 1 is 1.41 bits per heavy atom. The van der Waals surface area contributed by atoms with Gasteiger partial charge in [-0.15, -0.1) is 0 Å². The molecule has 6 heteroatoms. The van der Waals surface area contributed by atoms with Crippen molar-refractivity contribution in [1.29, 1.82) is 0 Å². The maximum absolute atomic E-state index is 14.0. The second-order valence-electron chi connectivity index (χ2n) is 6.46. The molecule has 0 saturated heterocycles. The first kappa shape index (κ1) is 15.3. The molecule has 2 aliphatic carbocycles. The molecule has 4 nitrogen and oxygen atoms in total. The summed E-state index contributed by atoms with van der Waals surface area (Å²) in [6.07, 6.45) is 3.40. The molecule has 22 heavy (non-hydrogen) atoms. The van der Waals surface area contributed by atoms with Crippen molar-refractivity contribution < 1.29 is 18.3 Å². The lowest BCUT2D eigenvalue weighted by Crippen LogP contribution is -2.47. The van der Waals surface area contributed by atoms with E-state index in [2.05, 4.69) is 22.0 Å². The van der Waals surface area contributed by atoms with Gasteiger partial charge < -0.3 is 10.1 Å². The van der Waals surface area contributed by atoms with Gasteiger partial charge >= 0.3 is 5.97 Å². The van der Waals surface area contributed by atoms with Crippen LogP contribution in [0, 0.1) is 0 Å². The van der Waals surface area contributed by atoms with Crippen molar-refractivity contribution in [3.05, 3.63) is 28.6 Å². The zero-order valence-corrected chi connectivity index (χ0v) is 12.8. The Balaban J connectivity index is 1.94. The van der Waals surface area contributed by atoms with Crippen LogP contribution >= 0.6 is 0 Å². The highest BCUT2D eigenvalue weighted by atomic mass is 19.3. The van der Waals surface area contributed by atoms with E-state index in [0.29, 0.717) is 18.5 Å². The Morgan fingerprint density at radius 2 is 2.14 bits per heavy atom. The molecule has 120 valence electrons. The number of carbonyl (C=O) groups is 1. The van der Waals surface area contributed by atoms with Crippen molar-refractivity contribution in [3.8, 4) is 0 Å². The normalized spacial score (nSPS) is 21.1. The number of hydrogen-bond acceptors (Lipinski definition) is 4. The van der Waals surface area contributed by atoms with Crippen molar-refractivity contribution in [3.63, 3.8) is 0 Å². The fourth-order valence-electron chi connectivity index (χ4n) is 3.17. The highest BCUT2D eigenvalue weighted by Gasteiger charge is 2.43. The smallest absolute Gasteiger partial charge is 0.356 e. The van der Waals surface area contributed by atoms with Crippen molar-refractivity contribution in [2.45, 2.75) is 57.0 Å². The maximum atomic E-state index is 14.0. The van der Waals surface area contributed by atoms with Crippen LogP contribution in [0.5, 0.6) is 0 Å². The predicted molar refractivity (Wildman–Crippen MR) is 76.9 cm³/mol. The molecule has 1 fully saturated rings. The molecule has 3 rings (SSSR count). The molecule has 0 atom stereocenters. The zero-order chi connectivity index (χ0) is 16.0. The summed E-state index contributed by atoms with van der Waals surface area (Å²) in [6.45, 7) is 2.61. The van der Waals surface area contributed by atoms with Crippen LogP contribution in [-0.4, -0.2) is 23.6 Å². The zero-order valence-electron chi connectivity index (χ0n) is 12.8. The van der Waals surface area contributed by atoms with Gasteiger partial charge in [0.1, 0.15) is 11.4 Å². The number of fused-ring (bicyclic) bond motifs is 1. The third kappa shape index (κ3) is 2.60. The van der Waals surface area contributed by atoms with E-state index in [0.717, 1.165) is 18.4 Å². The standard InChI is InChI=1S/C16H20F2N2O2/c1-15(5-3-6-15)19-9-10-8-12(14(21)22-2)20-13-11(10)4-7-16(13,17)18/h8,19H,3-7,9H2,1-2H3. The van der Waals surface area contributed by atoms with Crippen LogP contribution in [0.2, 0.25) is 0 Å². The van der Waals surface area contributed by atoms with Crippen LogP contribution < -0.4 is 5.32 Å². The maximum Gasteiger partial charge on any atom is 0.356 e. The van der Waals surface area contributed by atoms with Crippen LogP contribution in [0.25, 0.3) is 0 Å². The number of nitrogens with one attached hydrogen (secondary N) is 1. The largest absolute Gasteiger partial charge is 0.464 e. The quantitative estimate of drug-likeness (QED) is 0.869. The summed E-state index contributed by atoms with van der Waals surface area (Å²) in [5, 5.41) is 3.43. The number of esters is 1. The number of alkyl halides is 2. The molecule has 0 amide bonds. The first-order valence-electron chi connectivity index (χ1n) is 7.59. The predicted octanol–water partition coefficient (Wildman–Crippen LogP) is 2.94. The third-order valence-corrected chi connectivity index (χ3v) is 4.81. The number of methoxy groups -OCH3 is 1. The minimum absolute atomic E-state index is 0.0432. The molecule has 1 saturated carbocycles. The van der Waals surface area contributed by atoms with E-state index >= 15 is 0 Å². The molecule has 0 aromatic carbocycles. The second kappa shape index (κ2) is 5.26. The Morgan fingerprint density at radius 3 is 2.73 bits per heavy atom. The van der Waals surface area contributed by atoms with Crippen LogP contribution in [-0.2, 0) is 23.6 Å². The number of carbonyl (C=O) groups excluding carboxylic acids is 1. The summed E-state index contributed by atoms with van der Waals surface area (Å²) in [6, 6.07) is 1.58. The van der Waals surface area contributed by atoms with Crippen molar-refractivity contribution >= 4 is 5.97 Å². The fraction of sp³-hybridized carbons (Fsp3) is 0.625.